The van der Waals surface area contributed by atoms with Crippen molar-refractivity contribution in [2.75, 3.05) is 13.7 Å². The van der Waals surface area contributed by atoms with Crippen LogP contribution < -0.4 is 10.5 Å². The lowest BCUT2D eigenvalue weighted by molar-refractivity contribution is 0.415. The van der Waals surface area contributed by atoms with Crippen molar-refractivity contribution in [2.45, 2.75) is 6.42 Å². The summed E-state index contributed by atoms with van der Waals surface area (Å²) in [5.74, 6) is 0.800. The molecule has 0 radical (unpaired) electrons. The molecule has 0 fully saturated rings. The Morgan fingerprint density at radius 1 is 1.23 bits per heavy atom. The predicted molar refractivity (Wildman–Crippen MR) is 90.0 cm³/mol. The van der Waals surface area contributed by atoms with Crippen LogP contribution in [0, 0.1) is 0 Å². The summed E-state index contributed by atoms with van der Waals surface area (Å²) in [6, 6.07) is 9.43. The van der Waals surface area contributed by atoms with Gasteiger partial charge in [0.2, 0.25) is 0 Å². The Morgan fingerprint density at radius 3 is 2.59 bits per heavy atom. The highest BCUT2D eigenvalue weighted by Gasteiger charge is 2.16. The zero-order chi connectivity index (χ0) is 15.7. The number of hydrogen-bond donors (Lipinski definition) is 1. The Balaban J connectivity index is 2.23. The molecule has 0 aliphatic carbocycles. The molecule has 0 amide bonds. The average molecular weight is 336 g/mol. The van der Waals surface area contributed by atoms with Crippen LogP contribution in [0.3, 0.4) is 0 Å². The molecule has 0 unspecified atom stereocenters. The maximum absolute atomic E-state index is 6.26. The third kappa shape index (κ3) is 2.65. The van der Waals surface area contributed by atoms with Crippen molar-refractivity contribution < 1.29 is 4.74 Å². The van der Waals surface area contributed by atoms with Crippen LogP contribution in [0.1, 0.15) is 5.69 Å². The van der Waals surface area contributed by atoms with E-state index in [0.717, 1.165) is 22.7 Å². The summed E-state index contributed by atoms with van der Waals surface area (Å²) < 4.78 is 7.11. The fraction of sp³-hybridized carbons (Fsp3) is 0.188. The Kier molecular flexibility index (Phi) is 4.25. The van der Waals surface area contributed by atoms with E-state index in [4.69, 9.17) is 33.7 Å². The van der Waals surface area contributed by atoms with Crippen LogP contribution in [-0.2, 0) is 6.42 Å². The van der Waals surface area contributed by atoms with Gasteiger partial charge in [0.05, 0.1) is 28.5 Å². The number of halogens is 2. The van der Waals surface area contributed by atoms with Gasteiger partial charge in [-0.25, -0.2) is 4.98 Å². The van der Waals surface area contributed by atoms with Gasteiger partial charge in [-0.3, -0.25) is 0 Å². The zero-order valence-electron chi connectivity index (χ0n) is 12.0. The number of nitrogens with two attached hydrogens (primary N) is 1. The molecule has 114 valence electrons. The molecule has 22 heavy (non-hydrogen) atoms. The van der Waals surface area contributed by atoms with Crippen LogP contribution in [0.5, 0.6) is 5.75 Å². The van der Waals surface area contributed by atoms with Gasteiger partial charge in [-0.15, -0.1) is 0 Å². The van der Waals surface area contributed by atoms with Gasteiger partial charge in [0, 0.05) is 18.2 Å². The van der Waals surface area contributed by atoms with Crippen LogP contribution in [0.4, 0.5) is 0 Å². The van der Waals surface area contributed by atoms with Crippen molar-refractivity contribution in [3.8, 4) is 17.0 Å². The van der Waals surface area contributed by atoms with E-state index < -0.39 is 0 Å². The first kappa shape index (κ1) is 15.2. The van der Waals surface area contributed by atoms with Crippen LogP contribution in [0.2, 0.25) is 10.0 Å². The predicted octanol–water partition coefficient (Wildman–Crippen LogP) is 3.82. The number of rotatable bonds is 4. The molecule has 6 heteroatoms. The van der Waals surface area contributed by atoms with Gasteiger partial charge < -0.3 is 14.9 Å². The normalized spacial score (nSPS) is 11.1. The molecule has 0 saturated carbocycles. The summed E-state index contributed by atoms with van der Waals surface area (Å²) in [5.41, 5.74) is 9.27. The van der Waals surface area contributed by atoms with Crippen molar-refractivity contribution >= 4 is 28.8 Å². The number of nitrogens with zero attached hydrogens (tertiary/aromatic N) is 2. The number of benzene rings is 1. The maximum Gasteiger partial charge on any atom is 0.156 e. The fourth-order valence-corrected chi connectivity index (χ4v) is 2.99. The van der Waals surface area contributed by atoms with Crippen LogP contribution >= 0.6 is 23.2 Å². The van der Waals surface area contributed by atoms with Gasteiger partial charge in [-0.1, -0.05) is 23.2 Å². The molecule has 3 rings (SSSR count). The Labute approximate surface area is 138 Å². The summed E-state index contributed by atoms with van der Waals surface area (Å²) >= 11 is 12.4. The number of imidazole rings is 1. The van der Waals surface area contributed by atoms with Crippen molar-refractivity contribution in [3.63, 3.8) is 0 Å². The van der Waals surface area contributed by atoms with Gasteiger partial charge in [-0.05, 0) is 36.9 Å². The SMILES string of the molecule is COc1ccc(-c2nc3c(Cl)cc(Cl)cn3c2CCN)cc1. The number of methoxy groups -OCH3 is 1. The van der Waals surface area contributed by atoms with E-state index in [1.54, 1.807) is 13.2 Å². The lowest BCUT2D eigenvalue weighted by Gasteiger charge is -2.05. The van der Waals surface area contributed by atoms with Gasteiger partial charge in [0.25, 0.3) is 0 Å². The Bertz CT molecular complexity index is 812. The minimum Gasteiger partial charge on any atom is -0.497 e. The number of hydrogen-bond acceptors (Lipinski definition) is 3. The minimum atomic E-state index is 0.515. The zero-order valence-corrected chi connectivity index (χ0v) is 13.5. The molecule has 3 aromatic rings. The highest BCUT2D eigenvalue weighted by atomic mass is 35.5. The van der Waals surface area contributed by atoms with E-state index in [9.17, 15) is 0 Å². The highest BCUT2D eigenvalue weighted by Crippen LogP contribution is 2.30. The number of aromatic nitrogens is 2. The molecule has 0 atom stereocenters. The van der Waals surface area contributed by atoms with Crippen LogP contribution in [0.15, 0.2) is 36.5 Å². The standard InChI is InChI=1S/C16H15Cl2N3O/c1-22-12-4-2-10(3-5-12)15-14(6-7-19)21-9-11(17)8-13(18)16(21)20-15/h2-5,8-9H,6-7,19H2,1H3. The lowest BCUT2D eigenvalue weighted by atomic mass is 10.1. The second-order valence-corrected chi connectivity index (χ2v) is 5.72. The molecule has 0 spiro atoms. The summed E-state index contributed by atoms with van der Waals surface area (Å²) in [5, 5.41) is 1.08. The second kappa shape index (κ2) is 6.16. The highest BCUT2D eigenvalue weighted by molar-refractivity contribution is 6.36. The first-order valence-electron chi connectivity index (χ1n) is 6.84. The number of fused-ring (bicyclic) bond motifs is 1. The molecule has 2 heterocycles. The molecule has 2 aromatic heterocycles. The average Bonchev–Trinajstić information content (AvgIpc) is 2.87. The van der Waals surface area contributed by atoms with Gasteiger partial charge >= 0.3 is 0 Å². The lowest BCUT2D eigenvalue weighted by Crippen LogP contribution is -2.06. The van der Waals surface area contributed by atoms with Crippen LogP contribution in [0.25, 0.3) is 16.9 Å². The van der Waals surface area contributed by atoms with Crippen molar-refractivity contribution in [2.24, 2.45) is 5.73 Å². The van der Waals surface area contributed by atoms with E-state index >= 15 is 0 Å². The molecular formula is C16H15Cl2N3O. The van der Waals surface area contributed by atoms with Crippen molar-refractivity contribution in [3.05, 3.63) is 52.3 Å². The van der Waals surface area contributed by atoms with E-state index in [1.807, 2.05) is 34.9 Å². The first-order valence-corrected chi connectivity index (χ1v) is 7.60. The summed E-state index contributed by atoms with van der Waals surface area (Å²) in [6.45, 7) is 0.515. The molecule has 0 saturated heterocycles. The molecular weight excluding hydrogens is 321 g/mol. The Hall–Kier alpha value is -1.75. The first-order chi connectivity index (χ1) is 10.6. The second-order valence-electron chi connectivity index (χ2n) is 4.87. The topological polar surface area (TPSA) is 52.5 Å². The number of ether oxygens (including phenoxy) is 1. The Morgan fingerprint density at radius 2 is 1.95 bits per heavy atom. The largest absolute Gasteiger partial charge is 0.497 e. The maximum atomic E-state index is 6.26. The third-order valence-corrected chi connectivity index (χ3v) is 3.97. The monoisotopic (exact) mass is 335 g/mol. The summed E-state index contributed by atoms with van der Waals surface area (Å²) in [4.78, 5) is 4.67. The third-order valence-electron chi connectivity index (χ3n) is 3.49. The van der Waals surface area contributed by atoms with Gasteiger partial charge in [0.15, 0.2) is 5.65 Å². The quantitative estimate of drug-likeness (QED) is 0.788. The van der Waals surface area contributed by atoms with Crippen molar-refractivity contribution in [1.29, 1.82) is 0 Å². The van der Waals surface area contributed by atoms with Crippen LogP contribution in [-0.4, -0.2) is 23.0 Å². The summed E-state index contributed by atoms with van der Waals surface area (Å²) in [7, 11) is 1.64. The van der Waals surface area contributed by atoms with Crippen molar-refractivity contribution in [1.82, 2.24) is 9.38 Å². The van der Waals surface area contributed by atoms with E-state index in [2.05, 4.69) is 4.98 Å². The molecule has 0 aliphatic rings. The van der Waals surface area contributed by atoms with Gasteiger partial charge in [0.1, 0.15) is 5.75 Å². The molecule has 1 aromatic carbocycles. The molecule has 2 N–H and O–H groups in total. The molecule has 4 nitrogen and oxygen atoms in total. The minimum absolute atomic E-state index is 0.515. The molecule has 0 aliphatic heterocycles. The van der Waals surface area contributed by atoms with Gasteiger partial charge in [-0.2, -0.15) is 0 Å². The molecule has 0 bridgehead atoms. The van der Waals surface area contributed by atoms with E-state index in [1.165, 1.54) is 0 Å². The van der Waals surface area contributed by atoms with E-state index in [-0.39, 0.29) is 0 Å². The number of pyridine rings is 1. The van der Waals surface area contributed by atoms with E-state index in [0.29, 0.717) is 28.7 Å². The fourth-order valence-electron chi connectivity index (χ4n) is 2.48. The smallest absolute Gasteiger partial charge is 0.156 e. The summed E-state index contributed by atoms with van der Waals surface area (Å²) in [6.07, 6.45) is 2.49.